The van der Waals surface area contributed by atoms with Crippen LogP contribution in [-0.2, 0) is 19.6 Å². The Labute approximate surface area is 186 Å². The summed E-state index contributed by atoms with van der Waals surface area (Å²) in [6.07, 6.45) is 16.7. The third kappa shape index (κ3) is 11.9. The second kappa shape index (κ2) is 14.2. The molecule has 176 valence electrons. The number of allylic oxidation sites excluding steroid dienone is 5. The van der Waals surface area contributed by atoms with Gasteiger partial charge in [0, 0.05) is 11.8 Å². The van der Waals surface area contributed by atoms with E-state index in [9.17, 15) is 23.1 Å². The van der Waals surface area contributed by atoms with Gasteiger partial charge in [0.2, 0.25) is 10.0 Å². The first-order valence-corrected chi connectivity index (χ1v) is 12.9. The molecule has 0 aromatic heterocycles. The molecule has 0 radical (unpaired) electrons. The minimum absolute atomic E-state index is 0.00642. The Kier molecular flexibility index (Phi) is 12.4. The van der Waals surface area contributed by atoms with E-state index in [-0.39, 0.29) is 30.1 Å². The summed E-state index contributed by atoms with van der Waals surface area (Å²) < 4.78 is 28.3. The Balaban J connectivity index is 2.31. The lowest BCUT2D eigenvalue weighted by Gasteiger charge is -2.17. The molecule has 0 spiro atoms. The topological polar surface area (TPSA) is 110 Å². The zero-order valence-corrected chi connectivity index (χ0v) is 19.6. The lowest BCUT2D eigenvalue weighted by atomic mass is 9.89. The number of ketones is 1. The molecule has 31 heavy (non-hydrogen) atoms. The quantitative estimate of drug-likeness (QED) is 0.304. The molecule has 1 amide bonds. The number of rotatable bonds is 14. The van der Waals surface area contributed by atoms with Crippen molar-refractivity contribution in [1.82, 2.24) is 4.72 Å². The minimum Gasteiger partial charge on any atom is -0.449 e. The van der Waals surface area contributed by atoms with Gasteiger partial charge in [-0.15, -0.1) is 0 Å². The Hall–Kier alpha value is -1.93. The van der Waals surface area contributed by atoms with Crippen molar-refractivity contribution in [2.24, 2.45) is 17.8 Å². The highest BCUT2D eigenvalue weighted by atomic mass is 32.2. The van der Waals surface area contributed by atoms with Crippen LogP contribution >= 0.6 is 0 Å². The predicted octanol–water partition coefficient (Wildman–Crippen LogP) is 3.90. The summed E-state index contributed by atoms with van der Waals surface area (Å²) in [7, 11) is -3.60. The second-order valence-electron chi connectivity index (χ2n) is 8.15. The molecule has 0 bridgehead atoms. The van der Waals surface area contributed by atoms with Crippen molar-refractivity contribution in [2.45, 2.75) is 64.9 Å². The number of ether oxygens (including phenoxy) is 1. The zero-order valence-electron chi connectivity index (χ0n) is 18.8. The van der Waals surface area contributed by atoms with E-state index >= 15 is 0 Å². The minimum atomic E-state index is -3.60. The number of carbonyl (C=O) groups is 2. The third-order valence-corrected chi connectivity index (χ3v) is 5.80. The van der Waals surface area contributed by atoms with Crippen LogP contribution in [0, 0.1) is 17.8 Å². The van der Waals surface area contributed by atoms with Crippen LogP contribution in [0.5, 0.6) is 0 Å². The number of sulfonamides is 1. The molecular formula is C23H37NO6S. The molecule has 1 unspecified atom stereocenters. The first-order chi connectivity index (χ1) is 14.6. The van der Waals surface area contributed by atoms with Gasteiger partial charge in [0.05, 0.1) is 19.0 Å². The summed E-state index contributed by atoms with van der Waals surface area (Å²) in [4.78, 5) is 23.4. The lowest BCUT2D eigenvalue weighted by Crippen LogP contribution is -2.30. The van der Waals surface area contributed by atoms with E-state index in [1.54, 1.807) is 10.8 Å². The van der Waals surface area contributed by atoms with E-state index in [0.717, 1.165) is 38.4 Å². The Bertz CT molecular complexity index is 756. The van der Waals surface area contributed by atoms with Crippen LogP contribution in [0.1, 0.15) is 58.8 Å². The SMILES string of the molecule is CCCCC(C)[C@H](O)C=C[C@H]1C=CC(=O)[C@@H]1CC=CCCCCOC(=O)NS(C)(=O)=O. The normalized spacial score (nSPS) is 21.1. The summed E-state index contributed by atoms with van der Waals surface area (Å²) in [5.41, 5.74) is 0. The van der Waals surface area contributed by atoms with Gasteiger partial charge < -0.3 is 9.84 Å². The van der Waals surface area contributed by atoms with Crippen LogP contribution in [-0.4, -0.2) is 44.4 Å². The molecule has 0 fully saturated rings. The van der Waals surface area contributed by atoms with Crippen molar-refractivity contribution in [3.8, 4) is 0 Å². The number of aliphatic hydroxyl groups excluding tert-OH is 1. The van der Waals surface area contributed by atoms with Crippen LogP contribution < -0.4 is 4.72 Å². The molecule has 4 atom stereocenters. The largest absolute Gasteiger partial charge is 0.449 e. The first kappa shape index (κ1) is 27.1. The third-order valence-electron chi connectivity index (χ3n) is 5.26. The number of unbranched alkanes of at least 4 members (excludes halogenated alkanes) is 3. The molecule has 1 aliphatic carbocycles. The fourth-order valence-electron chi connectivity index (χ4n) is 3.32. The van der Waals surface area contributed by atoms with Gasteiger partial charge in [0.25, 0.3) is 0 Å². The van der Waals surface area contributed by atoms with Crippen LogP contribution in [0.25, 0.3) is 0 Å². The molecule has 1 rings (SSSR count). The lowest BCUT2D eigenvalue weighted by molar-refractivity contribution is -0.117. The van der Waals surface area contributed by atoms with Crippen molar-refractivity contribution in [2.75, 3.05) is 12.9 Å². The zero-order chi connectivity index (χ0) is 23.3. The molecule has 1 aliphatic rings. The van der Waals surface area contributed by atoms with Gasteiger partial charge in [-0.05, 0) is 44.1 Å². The predicted molar refractivity (Wildman–Crippen MR) is 122 cm³/mol. The van der Waals surface area contributed by atoms with Gasteiger partial charge >= 0.3 is 6.09 Å². The average molecular weight is 456 g/mol. The molecule has 0 aromatic carbocycles. The Morgan fingerprint density at radius 1 is 1.29 bits per heavy atom. The van der Waals surface area contributed by atoms with Crippen LogP contribution in [0.3, 0.4) is 0 Å². The number of hydrogen-bond donors (Lipinski definition) is 2. The van der Waals surface area contributed by atoms with E-state index in [4.69, 9.17) is 4.74 Å². The summed E-state index contributed by atoms with van der Waals surface area (Å²) in [6.45, 7) is 4.33. The highest BCUT2D eigenvalue weighted by Gasteiger charge is 2.27. The molecular weight excluding hydrogens is 418 g/mol. The average Bonchev–Trinajstić information content (AvgIpc) is 3.04. The van der Waals surface area contributed by atoms with Gasteiger partial charge in [-0.1, -0.05) is 57.1 Å². The standard InChI is InChI=1S/C23H37NO6S/c1-4-5-11-18(2)21(25)15-13-19-14-16-22(26)20(19)12-9-7-6-8-10-17-30-23(27)24-31(3,28)29/h7,9,13-16,18-21,25H,4-6,8,10-12,17H2,1-3H3,(H,24,27)/t18?,19-,20+,21+/m0/s1. The van der Waals surface area contributed by atoms with E-state index in [1.807, 2.05) is 37.3 Å². The number of aliphatic hydroxyl groups is 1. The van der Waals surface area contributed by atoms with Gasteiger partial charge in [0.15, 0.2) is 5.78 Å². The molecule has 0 saturated heterocycles. The van der Waals surface area contributed by atoms with E-state index in [1.165, 1.54) is 0 Å². The number of amides is 1. The molecule has 0 aromatic rings. The molecule has 0 heterocycles. The number of nitrogens with one attached hydrogen (secondary N) is 1. The maximum Gasteiger partial charge on any atom is 0.420 e. The molecule has 8 heteroatoms. The first-order valence-electron chi connectivity index (χ1n) is 11.0. The van der Waals surface area contributed by atoms with Crippen LogP contribution in [0.4, 0.5) is 4.79 Å². The van der Waals surface area contributed by atoms with Crippen molar-refractivity contribution in [3.05, 3.63) is 36.5 Å². The molecule has 7 nitrogen and oxygen atoms in total. The van der Waals surface area contributed by atoms with E-state index in [0.29, 0.717) is 12.8 Å². The molecule has 0 aliphatic heterocycles. The Morgan fingerprint density at radius 3 is 2.71 bits per heavy atom. The maximum atomic E-state index is 12.2. The van der Waals surface area contributed by atoms with Crippen molar-refractivity contribution in [1.29, 1.82) is 0 Å². The fourth-order valence-corrected chi connectivity index (χ4v) is 3.69. The highest BCUT2D eigenvalue weighted by molar-refractivity contribution is 7.89. The highest BCUT2D eigenvalue weighted by Crippen LogP contribution is 2.28. The fraction of sp³-hybridized carbons (Fsp3) is 0.652. The molecule has 2 N–H and O–H groups in total. The summed E-state index contributed by atoms with van der Waals surface area (Å²) in [5.74, 6) is 0.191. The van der Waals surface area contributed by atoms with Gasteiger partial charge in [-0.3, -0.25) is 4.79 Å². The number of carbonyl (C=O) groups excluding carboxylic acids is 2. The number of hydrogen-bond acceptors (Lipinski definition) is 6. The van der Waals surface area contributed by atoms with Crippen molar-refractivity contribution >= 4 is 21.9 Å². The summed E-state index contributed by atoms with van der Waals surface area (Å²) >= 11 is 0. The summed E-state index contributed by atoms with van der Waals surface area (Å²) in [6, 6.07) is 0. The molecule has 0 saturated carbocycles. The van der Waals surface area contributed by atoms with Crippen LogP contribution in [0.15, 0.2) is 36.5 Å². The van der Waals surface area contributed by atoms with Gasteiger partial charge in [-0.2, -0.15) is 0 Å². The van der Waals surface area contributed by atoms with Crippen molar-refractivity contribution < 1.29 is 27.9 Å². The maximum absolute atomic E-state index is 12.2. The van der Waals surface area contributed by atoms with Crippen LogP contribution in [0.2, 0.25) is 0 Å². The van der Waals surface area contributed by atoms with Gasteiger partial charge in [-0.25, -0.2) is 17.9 Å². The van der Waals surface area contributed by atoms with E-state index in [2.05, 4.69) is 6.92 Å². The summed E-state index contributed by atoms with van der Waals surface area (Å²) in [5, 5.41) is 10.3. The monoisotopic (exact) mass is 455 g/mol. The van der Waals surface area contributed by atoms with E-state index < -0.39 is 22.2 Å². The smallest absolute Gasteiger partial charge is 0.420 e. The Morgan fingerprint density at radius 2 is 2.03 bits per heavy atom. The van der Waals surface area contributed by atoms with Gasteiger partial charge in [0.1, 0.15) is 0 Å². The van der Waals surface area contributed by atoms with Crippen molar-refractivity contribution in [3.63, 3.8) is 0 Å². The second-order valence-corrected chi connectivity index (χ2v) is 9.90.